The van der Waals surface area contributed by atoms with Gasteiger partial charge in [0, 0.05) is 11.6 Å². The maximum absolute atomic E-state index is 14.6. The first-order valence-electron chi connectivity index (χ1n) is 9.43. The largest absolute Gasteiger partial charge is 0.497 e. The minimum Gasteiger partial charge on any atom is -0.497 e. The molecule has 0 saturated heterocycles. The number of sulfonamides is 1. The fourth-order valence-electron chi connectivity index (χ4n) is 3.16. The number of anilines is 1. The van der Waals surface area contributed by atoms with Crippen molar-refractivity contribution < 1.29 is 39.8 Å². The molecule has 0 spiro atoms. The van der Waals surface area contributed by atoms with Crippen molar-refractivity contribution in [2.24, 2.45) is 0 Å². The molecule has 0 amide bonds. The van der Waals surface area contributed by atoms with Crippen molar-refractivity contribution in [2.75, 3.05) is 18.9 Å². The summed E-state index contributed by atoms with van der Waals surface area (Å²) >= 11 is 0. The van der Waals surface area contributed by atoms with E-state index in [1.165, 1.54) is 14.2 Å². The van der Waals surface area contributed by atoms with Crippen LogP contribution in [0.4, 0.5) is 27.6 Å². The van der Waals surface area contributed by atoms with E-state index in [1.807, 2.05) is 4.72 Å². The van der Waals surface area contributed by atoms with Gasteiger partial charge in [-0.25, -0.2) is 30.4 Å². The Balaban J connectivity index is 2.02. The van der Waals surface area contributed by atoms with Crippen LogP contribution in [0, 0.1) is 29.1 Å². The normalized spacial score (nSPS) is 11.4. The Morgan fingerprint density at radius 3 is 2.00 bits per heavy atom. The molecule has 33 heavy (non-hydrogen) atoms. The lowest BCUT2D eigenvalue weighted by Gasteiger charge is -2.16. The molecular formula is C22H18F5NO4S. The predicted octanol–water partition coefficient (Wildman–Crippen LogP) is 4.99. The number of methoxy groups -OCH3 is 2. The number of ether oxygens (including phenoxy) is 2. The number of halogens is 5. The molecule has 3 aromatic rings. The Morgan fingerprint density at radius 2 is 1.42 bits per heavy atom. The second kappa shape index (κ2) is 9.65. The zero-order chi connectivity index (χ0) is 24.3. The van der Waals surface area contributed by atoms with Crippen LogP contribution in [0.1, 0.15) is 11.1 Å². The molecule has 3 rings (SSSR count). The van der Waals surface area contributed by atoms with Crippen molar-refractivity contribution in [1.82, 2.24) is 0 Å². The summed E-state index contributed by atoms with van der Waals surface area (Å²) in [7, 11) is -2.34. The van der Waals surface area contributed by atoms with Crippen molar-refractivity contribution in [1.29, 1.82) is 0 Å². The van der Waals surface area contributed by atoms with Crippen molar-refractivity contribution in [2.45, 2.75) is 17.7 Å². The molecule has 0 fully saturated rings. The van der Waals surface area contributed by atoms with Crippen LogP contribution in [-0.2, 0) is 22.9 Å². The van der Waals surface area contributed by atoms with E-state index in [9.17, 15) is 30.4 Å². The van der Waals surface area contributed by atoms with E-state index in [0.717, 1.165) is 18.2 Å². The fraction of sp³-hybridized carbons (Fsp3) is 0.182. The molecule has 1 N–H and O–H groups in total. The molecule has 0 saturated carbocycles. The van der Waals surface area contributed by atoms with E-state index in [2.05, 4.69) is 0 Å². The first kappa shape index (κ1) is 24.3. The summed E-state index contributed by atoms with van der Waals surface area (Å²) in [6.45, 7) is 0. The van der Waals surface area contributed by atoms with Gasteiger partial charge in [0.15, 0.2) is 34.8 Å². The summed E-state index contributed by atoms with van der Waals surface area (Å²) in [5.74, 6) is -8.92. The van der Waals surface area contributed by atoms with Crippen LogP contribution in [0.15, 0.2) is 47.4 Å². The summed E-state index contributed by atoms with van der Waals surface area (Å²) in [5, 5.41) is 0. The van der Waals surface area contributed by atoms with Gasteiger partial charge in [-0.3, -0.25) is 4.72 Å². The van der Waals surface area contributed by atoms with Gasteiger partial charge in [-0.05, 0) is 42.7 Å². The van der Waals surface area contributed by atoms with Gasteiger partial charge in [-0.15, -0.1) is 0 Å². The first-order valence-corrected chi connectivity index (χ1v) is 10.9. The average molecular weight is 487 g/mol. The molecule has 0 heterocycles. The maximum atomic E-state index is 14.6. The minimum absolute atomic E-state index is 0.0227. The van der Waals surface area contributed by atoms with Gasteiger partial charge in [0.25, 0.3) is 10.0 Å². The quantitative estimate of drug-likeness (QED) is 0.276. The Bertz CT molecular complexity index is 1280. The molecule has 0 aliphatic rings. The van der Waals surface area contributed by atoms with Crippen LogP contribution in [-0.4, -0.2) is 22.6 Å². The molecule has 0 bridgehead atoms. The smallest absolute Gasteiger partial charge is 0.265 e. The van der Waals surface area contributed by atoms with Gasteiger partial charge in [0.05, 0.1) is 19.9 Å². The topological polar surface area (TPSA) is 64.6 Å². The minimum atomic E-state index is -4.99. The van der Waals surface area contributed by atoms with Crippen LogP contribution < -0.4 is 14.2 Å². The SMILES string of the molecule is COc1ccc(CCc2c(F)c(F)c(F)c(F)c2S(=O)(=O)Nc2ccc(OC)c(F)c2)cc1. The van der Waals surface area contributed by atoms with E-state index in [1.54, 1.807) is 24.3 Å². The number of hydrogen-bond acceptors (Lipinski definition) is 4. The summed E-state index contributed by atoms with van der Waals surface area (Å²) < 4.78 is 108. The lowest BCUT2D eigenvalue weighted by atomic mass is 10.0. The van der Waals surface area contributed by atoms with Crippen LogP contribution in [0.25, 0.3) is 0 Å². The van der Waals surface area contributed by atoms with E-state index in [4.69, 9.17) is 9.47 Å². The van der Waals surface area contributed by atoms with Crippen molar-refractivity contribution in [3.05, 3.63) is 82.7 Å². The van der Waals surface area contributed by atoms with Crippen LogP contribution in [0.2, 0.25) is 0 Å². The number of hydrogen-bond donors (Lipinski definition) is 1. The highest BCUT2D eigenvalue weighted by molar-refractivity contribution is 7.92. The zero-order valence-corrected chi connectivity index (χ0v) is 18.2. The number of rotatable bonds is 8. The van der Waals surface area contributed by atoms with Gasteiger partial charge in [-0.1, -0.05) is 12.1 Å². The van der Waals surface area contributed by atoms with Crippen molar-refractivity contribution in [3.63, 3.8) is 0 Å². The molecule has 0 aliphatic carbocycles. The first-order chi connectivity index (χ1) is 15.6. The van der Waals surface area contributed by atoms with Crippen LogP contribution in [0.3, 0.4) is 0 Å². The highest BCUT2D eigenvalue weighted by atomic mass is 32.2. The molecule has 0 aliphatic heterocycles. The van der Waals surface area contributed by atoms with Gasteiger partial charge in [0.1, 0.15) is 10.6 Å². The third-order valence-electron chi connectivity index (χ3n) is 4.81. The summed E-state index contributed by atoms with van der Waals surface area (Å²) in [4.78, 5) is -1.40. The third-order valence-corrected chi connectivity index (χ3v) is 6.28. The molecular weight excluding hydrogens is 469 g/mol. The fourth-order valence-corrected chi connectivity index (χ4v) is 4.54. The Kier molecular flexibility index (Phi) is 7.11. The van der Waals surface area contributed by atoms with Crippen molar-refractivity contribution >= 4 is 15.7 Å². The highest BCUT2D eigenvalue weighted by Crippen LogP contribution is 2.31. The average Bonchev–Trinajstić information content (AvgIpc) is 2.79. The van der Waals surface area contributed by atoms with E-state index in [-0.39, 0.29) is 17.9 Å². The maximum Gasteiger partial charge on any atom is 0.265 e. The molecule has 0 radical (unpaired) electrons. The van der Waals surface area contributed by atoms with E-state index >= 15 is 0 Å². The van der Waals surface area contributed by atoms with E-state index < -0.39 is 56.0 Å². The van der Waals surface area contributed by atoms with E-state index in [0.29, 0.717) is 11.3 Å². The van der Waals surface area contributed by atoms with Gasteiger partial charge in [0.2, 0.25) is 0 Å². The lowest BCUT2D eigenvalue weighted by Crippen LogP contribution is -2.20. The number of aryl methyl sites for hydroxylation is 1. The van der Waals surface area contributed by atoms with Crippen LogP contribution in [0.5, 0.6) is 11.5 Å². The predicted molar refractivity (Wildman–Crippen MR) is 110 cm³/mol. The van der Waals surface area contributed by atoms with Crippen LogP contribution >= 0.6 is 0 Å². The summed E-state index contributed by atoms with van der Waals surface area (Å²) in [6, 6.07) is 9.31. The molecule has 11 heteroatoms. The molecule has 5 nitrogen and oxygen atoms in total. The monoisotopic (exact) mass is 487 g/mol. The third kappa shape index (κ3) is 5.03. The highest BCUT2D eigenvalue weighted by Gasteiger charge is 2.33. The Hall–Kier alpha value is -3.34. The lowest BCUT2D eigenvalue weighted by molar-refractivity contribution is 0.386. The van der Waals surface area contributed by atoms with Crippen molar-refractivity contribution in [3.8, 4) is 11.5 Å². The number of benzene rings is 3. The second-order valence-electron chi connectivity index (χ2n) is 6.87. The number of nitrogens with one attached hydrogen (secondary N) is 1. The Morgan fingerprint density at radius 1 is 0.788 bits per heavy atom. The van der Waals surface area contributed by atoms with Gasteiger partial charge >= 0.3 is 0 Å². The van der Waals surface area contributed by atoms with Gasteiger partial charge < -0.3 is 9.47 Å². The van der Waals surface area contributed by atoms with Gasteiger partial charge in [-0.2, -0.15) is 0 Å². The zero-order valence-electron chi connectivity index (χ0n) is 17.4. The Labute approximate surface area is 186 Å². The second-order valence-corrected chi connectivity index (χ2v) is 8.49. The molecule has 0 aromatic heterocycles. The standard InChI is InChI=1S/C22H18F5NO4S/c1-31-14-7-3-12(4-8-14)5-9-15-18(24)19(25)20(26)21(27)22(15)33(29,30)28-13-6-10-17(32-2)16(23)11-13/h3-4,6-8,10-11,28H,5,9H2,1-2H3. The molecule has 0 unspecified atom stereocenters. The summed E-state index contributed by atoms with van der Waals surface area (Å²) in [5.41, 5.74) is -0.670. The summed E-state index contributed by atoms with van der Waals surface area (Å²) in [6.07, 6.45) is -0.495. The molecule has 176 valence electrons. The molecule has 0 atom stereocenters. The molecule has 3 aromatic carbocycles.